The average Bonchev–Trinajstić information content (AvgIpc) is 2.73. The van der Waals surface area contributed by atoms with E-state index in [2.05, 4.69) is 29.7 Å². The Kier molecular flexibility index (Phi) is 4.50. The number of thiophene rings is 1. The molecule has 0 saturated heterocycles. The molecule has 0 saturated carbocycles. The van der Waals surface area contributed by atoms with E-state index in [1.54, 1.807) is 18.4 Å². The summed E-state index contributed by atoms with van der Waals surface area (Å²) in [6, 6.07) is 4.20. The number of likely N-dealkylation sites (N-methyl/N-ethyl adjacent to an activating group) is 1. The molecular formula is C12H20N2OS. The number of hydrogen-bond donors (Lipinski definition) is 2. The predicted molar refractivity (Wildman–Crippen MR) is 68.7 cm³/mol. The number of carbonyl (C=O) groups excluding carboxylic acids is 1. The average molecular weight is 240 g/mol. The number of carbonyl (C=O) groups is 1. The van der Waals surface area contributed by atoms with Crippen LogP contribution in [0.4, 0.5) is 0 Å². The van der Waals surface area contributed by atoms with Crippen LogP contribution in [0, 0.1) is 0 Å². The molecule has 3 nitrogen and oxygen atoms in total. The molecule has 1 aromatic rings. The number of rotatable bonds is 5. The maximum Gasteiger partial charge on any atom is 0.240 e. The molecule has 1 heterocycles. The Morgan fingerprint density at radius 2 is 2.00 bits per heavy atom. The number of hydrogen-bond acceptors (Lipinski definition) is 3. The van der Waals surface area contributed by atoms with Gasteiger partial charge < -0.3 is 10.6 Å². The van der Waals surface area contributed by atoms with Gasteiger partial charge in [0.2, 0.25) is 5.91 Å². The highest BCUT2D eigenvalue weighted by Crippen LogP contribution is 2.16. The van der Waals surface area contributed by atoms with Gasteiger partial charge in [-0.25, -0.2) is 0 Å². The van der Waals surface area contributed by atoms with Gasteiger partial charge in [-0.1, -0.05) is 6.92 Å². The summed E-state index contributed by atoms with van der Waals surface area (Å²) < 4.78 is 0. The summed E-state index contributed by atoms with van der Waals surface area (Å²) in [5, 5.41) is 5.92. The topological polar surface area (TPSA) is 41.1 Å². The van der Waals surface area contributed by atoms with Crippen molar-refractivity contribution in [3.63, 3.8) is 0 Å². The van der Waals surface area contributed by atoms with Crippen LogP contribution in [0.5, 0.6) is 0 Å². The van der Waals surface area contributed by atoms with Crippen LogP contribution in [0.15, 0.2) is 12.1 Å². The monoisotopic (exact) mass is 240 g/mol. The zero-order valence-corrected chi connectivity index (χ0v) is 11.2. The Balaban J connectivity index is 2.49. The first kappa shape index (κ1) is 13.2. The van der Waals surface area contributed by atoms with Crippen molar-refractivity contribution in [2.75, 3.05) is 7.05 Å². The third kappa shape index (κ3) is 3.32. The van der Waals surface area contributed by atoms with Gasteiger partial charge in [-0.2, -0.15) is 0 Å². The van der Waals surface area contributed by atoms with E-state index in [-0.39, 0.29) is 5.91 Å². The normalized spacial score (nSPS) is 11.5. The summed E-state index contributed by atoms with van der Waals surface area (Å²) in [6.07, 6.45) is 1.06. The van der Waals surface area contributed by atoms with E-state index in [1.165, 1.54) is 9.75 Å². The van der Waals surface area contributed by atoms with Crippen molar-refractivity contribution >= 4 is 17.2 Å². The molecule has 0 fully saturated rings. The molecule has 1 rings (SSSR count). The fourth-order valence-electron chi connectivity index (χ4n) is 1.21. The minimum atomic E-state index is -0.509. The first-order valence-corrected chi connectivity index (χ1v) is 6.36. The summed E-state index contributed by atoms with van der Waals surface area (Å²) in [5.41, 5.74) is -0.509. The second-order valence-electron chi connectivity index (χ2n) is 4.28. The molecular weight excluding hydrogens is 220 g/mol. The van der Waals surface area contributed by atoms with Crippen LogP contribution in [0.25, 0.3) is 0 Å². The van der Waals surface area contributed by atoms with Crippen molar-refractivity contribution in [1.82, 2.24) is 10.6 Å². The van der Waals surface area contributed by atoms with Gasteiger partial charge in [0.15, 0.2) is 0 Å². The zero-order valence-electron chi connectivity index (χ0n) is 10.4. The van der Waals surface area contributed by atoms with E-state index < -0.39 is 5.54 Å². The summed E-state index contributed by atoms with van der Waals surface area (Å²) in [5.74, 6) is 0.0291. The van der Waals surface area contributed by atoms with E-state index in [0.29, 0.717) is 6.54 Å². The van der Waals surface area contributed by atoms with Gasteiger partial charge in [0.05, 0.1) is 12.1 Å². The van der Waals surface area contributed by atoms with E-state index in [0.717, 1.165) is 6.42 Å². The molecule has 4 heteroatoms. The molecule has 0 spiro atoms. The van der Waals surface area contributed by atoms with E-state index in [4.69, 9.17) is 0 Å². The Morgan fingerprint density at radius 1 is 1.38 bits per heavy atom. The highest BCUT2D eigenvalue weighted by molar-refractivity contribution is 7.11. The first-order valence-electron chi connectivity index (χ1n) is 5.54. The van der Waals surface area contributed by atoms with Gasteiger partial charge in [0, 0.05) is 9.75 Å². The van der Waals surface area contributed by atoms with Gasteiger partial charge in [0.25, 0.3) is 0 Å². The summed E-state index contributed by atoms with van der Waals surface area (Å²) in [6.45, 7) is 6.50. The highest BCUT2D eigenvalue weighted by atomic mass is 32.1. The third-order valence-corrected chi connectivity index (χ3v) is 3.91. The van der Waals surface area contributed by atoms with E-state index >= 15 is 0 Å². The number of amides is 1. The SMILES string of the molecule is CCc1ccc(CNC(=O)C(C)(C)NC)s1. The molecule has 0 atom stereocenters. The second-order valence-corrected chi connectivity index (χ2v) is 5.53. The quantitative estimate of drug-likeness (QED) is 0.825. The lowest BCUT2D eigenvalue weighted by Crippen LogP contribution is -2.50. The van der Waals surface area contributed by atoms with Crippen molar-refractivity contribution in [2.45, 2.75) is 39.3 Å². The fraction of sp³-hybridized carbons (Fsp3) is 0.583. The van der Waals surface area contributed by atoms with Crippen molar-refractivity contribution in [2.24, 2.45) is 0 Å². The van der Waals surface area contributed by atoms with Crippen molar-refractivity contribution < 1.29 is 4.79 Å². The maximum atomic E-state index is 11.8. The molecule has 16 heavy (non-hydrogen) atoms. The molecule has 0 aromatic carbocycles. The van der Waals surface area contributed by atoms with Crippen LogP contribution in [0.1, 0.15) is 30.5 Å². The molecule has 90 valence electrons. The third-order valence-electron chi connectivity index (χ3n) is 2.68. The molecule has 0 aliphatic carbocycles. The van der Waals surface area contributed by atoms with Gasteiger partial charge in [-0.15, -0.1) is 11.3 Å². The molecule has 0 aliphatic heterocycles. The molecule has 1 amide bonds. The lowest BCUT2D eigenvalue weighted by molar-refractivity contribution is -0.126. The lowest BCUT2D eigenvalue weighted by atomic mass is 10.1. The van der Waals surface area contributed by atoms with Crippen LogP contribution >= 0.6 is 11.3 Å². The smallest absolute Gasteiger partial charge is 0.240 e. The number of aryl methyl sites for hydroxylation is 1. The Hall–Kier alpha value is -0.870. The van der Waals surface area contributed by atoms with E-state index in [9.17, 15) is 4.79 Å². The maximum absolute atomic E-state index is 11.8. The Labute approximate surface area is 101 Å². The van der Waals surface area contributed by atoms with Crippen LogP contribution in [-0.2, 0) is 17.8 Å². The van der Waals surface area contributed by atoms with Crippen LogP contribution in [0.2, 0.25) is 0 Å². The van der Waals surface area contributed by atoms with Crippen molar-refractivity contribution in [3.05, 3.63) is 21.9 Å². The minimum Gasteiger partial charge on any atom is -0.350 e. The standard InChI is InChI=1S/C12H20N2OS/c1-5-9-6-7-10(16-9)8-14-11(15)12(2,3)13-4/h6-7,13H,5,8H2,1-4H3,(H,14,15). The summed E-state index contributed by atoms with van der Waals surface area (Å²) in [4.78, 5) is 14.3. The van der Waals surface area contributed by atoms with Gasteiger partial charge in [0.1, 0.15) is 0 Å². The lowest BCUT2D eigenvalue weighted by Gasteiger charge is -2.22. The van der Waals surface area contributed by atoms with E-state index in [1.807, 2.05) is 13.8 Å². The van der Waals surface area contributed by atoms with Crippen LogP contribution in [0.3, 0.4) is 0 Å². The van der Waals surface area contributed by atoms with Crippen molar-refractivity contribution in [3.8, 4) is 0 Å². The fourth-order valence-corrected chi connectivity index (χ4v) is 2.11. The first-order chi connectivity index (χ1) is 7.49. The minimum absolute atomic E-state index is 0.0291. The molecule has 0 aliphatic rings. The van der Waals surface area contributed by atoms with Crippen molar-refractivity contribution in [1.29, 1.82) is 0 Å². The van der Waals surface area contributed by atoms with Crippen LogP contribution in [-0.4, -0.2) is 18.5 Å². The second kappa shape index (κ2) is 5.46. The van der Waals surface area contributed by atoms with Gasteiger partial charge in [-0.05, 0) is 39.4 Å². The predicted octanol–water partition coefficient (Wildman–Crippen LogP) is 1.92. The molecule has 2 N–H and O–H groups in total. The summed E-state index contributed by atoms with van der Waals surface area (Å²) in [7, 11) is 1.79. The van der Waals surface area contributed by atoms with Gasteiger partial charge in [-0.3, -0.25) is 4.79 Å². The highest BCUT2D eigenvalue weighted by Gasteiger charge is 2.24. The molecule has 0 unspecified atom stereocenters. The molecule has 1 aromatic heterocycles. The van der Waals surface area contributed by atoms with Gasteiger partial charge >= 0.3 is 0 Å². The Morgan fingerprint density at radius 3 is 2.50 bits per heavy atom. The summed E-state index contributed by atoms with van der Waals surface area (Å²) >= 11 is 1.76. The molecule has 0 bridgehead atoms. The number of nitrogens with one attached hydrogen (secondary N) is 2. The largest absolute Gasteiger partial charge is 0.350 e. The van der Waals surface area contributed by atoms with Crippen LogP contribution < -0.4 is 10.6 Å². The Bertz CT molecular complexity index is 358. The zero-order chi connectivity index (χ0) is 12.2. The molecule has 0 radical (unpaired) electrons.